The third kappa shape index (κ3) is 2.86. The minimum atomic E-state index is 0.00348. The van der Waals surface area contributed by atoms with Gasteiger partial charge in [0.05, 0.1) is 0 Å². The Morgan fingerprint density at radius 2 is 1.95 bits per heavy atom. The van der Waals surface area contributed by atoms with Crippen LogP contribution >= 0.6 is 0 Å². The Morgan fingerprint density at radius 3 is 2.68 bits per heavy atom. The largest absolute Gasteiger partial charge is 0.443 e. The molecule has 2 aromatic carbocycles. The van der Waals surface area contributed by atoms with E-state index in [2.05, 4.69) is 4.98 Å². The zero-order valence-electron chi connectivity index (χ0n) is 12.7. The van der Waals surface area contributed by atoms with E-state index in [4.69, 9.17) is 4.42 Å². The predicted molar refractivity (Wildman–Crippen MR) is 85.5 cm³/mol. The molecule has 0 saturated carbocycles. The van der Waals surface area contributed by atoms with Crippen LogP contribution in [0.3, 0.4) is 0 Å². The van der Waals surface area contributed by atoms with Gasteiger partial charge >= 0.3 is 0 Å². The van der Waals surface area contributed by atoms with Gasteiger partial charge in [0.2, 0.25) is 0 Å². The molecule has 1 aromatic heterocycles. The maximum atomic E-state index is 12.8. The van der Waals surface area contributed by atoms with E-state index in [0.29, 0.717) is 23.2 Å². The average molecular weight is 294 g/mol. The Kier molecular flexibility index (Phi) is 3.92. The third-order valence-corrected chi connectivity index (χ3v) is 3.66. The van der Waals surface area contributed by atoms with Gasteiger partial charge in [-0.15, -0.1) is 0 Å². The van der Waals surface area contributed by atoms with Crippen LogP contribution in [0, 0.1) is 0 Å². The Bertz CT molecular complexity index is 778. The molecule has 4 nitrogen and oxygen atoms in total. The van der Waals surface area contributed by atoms with Crippen molar-refractivity contribution in [3.05, 3.63) is 66.1 Å². The lowest BCUT2D eigenvalue weighted by Gasteiger charge is -2.27. The first kappa shape index (κ1) is 14.3. The molecule has 0 aliphatic rings. The summed E-state index contributed by atoms with van der Waals surface area (Å²) in [6.07, 6.45) is 1.39. The number of amides is 1. The molecule has 0 atom stereocenters. The Balaban J connectivity index is 1.88. The number of carbonyl (C=O) groups is 1. The first-order chi connectivity index (χ1) is 10.6. The van der Waals surface area contributed by atoms with Gasteiger partial charge in [-0.3, -0.25) is 4.79 Å². The summed E-state index contributed by atoms with van der Waals surface area (Å²) in [5.41, 5.74) is 3.14. The summed E-state index contributed by atoms with van der Waals surface area (Å²) in [4.78, 5) is 18.8. The van der Waals surface area contributed by atoms with Crippen LogP contribution in [-0.2, 0) is 6.54 Å². The Morgan fingerprint density at radius 1 is 1.18 bits per heavy atom. The van der Waals surface area contributed by atoms with E-state index >= 15 is 0 Å². The quantitative estimate of drug-likeness (QED) is 0.733. The van der Waals surface area contributed by atoms with Crippen molar-refractivity contribution in [2.45, 2.75) is 26.4 Å². The first-order valence-electron chi connectivity index (χ1n) is 7.33. The summed E-state index contributed by atoms with van der Waals surface area (Å²) < 4.78 is 5.22. The maximum Gasteiger partial charge on any atom is 0.254 e. The number of hydrogen-bond acceptors (Lipinski definition) is 3. The number of hydrogen-bond donors (Lipinski definition) is 0. The normalized spacial score (nSPS) is 11.0. The van der Waals surface area contributed by atoms with Crippen molar-refractivity contribution in [3.63, 3.8) is 0 Å². The van der Waals surface area contributed by atoms with E-state index in [0.717, 1.165) is 5.56 Å². The molecule has 0 saturated heterocycles. The summed E-state index contributed by atoms with van der Waals surface area (Å²) in [6, 6.07) is 15.5. The number of carbonyl (C=O) groups excluding carboxylic acids is 1. The number of benzene rings is 2. The molecule has 1 heterocycles. The molecule has 0 radical (unpaired) electrons. The fourth-order valence-corrected chi connectivity index (χ4v) is 2.43. The van der Waals surface area contributed by atoms with Gasteiger partial charge in [-0.1, -0.05) is 30.3 Å². The molecule has 22 heavy (non-hydrogen) atoms. The molecule has 0 fully saturated rings. The van der Waals surface area contributed by atoms with Crippen LogP contribution in [-0.4, -0.2) is 21.8 Å². The lowest BCUT2D eigenvalue weighted by molar-refractivity contribution is 0.0690. The van der Waals surface area contributed by atoms with Crippen LogP contribution in [0.25, 0.3) is 11.1 Å². The number of rotatable bonds is 4. The summed E-state index contributed by atoms with van der Waals surface area (Å²) in [5, 5.41) is 0. The van der Waals surface area contributed by atoms with Gasteiger partial charge in [0.15, 0.2) is 12.0 Å². The topological polar surface area (TPSA) is 46.3 Å². The predicted octanol–water partition coefficient (Wildman–Crippen LogP) is 3.88. The van der Waals surface area contributed by atoms with E-state index in [-0.39, 0.29) is 11.9 Å². The molecule has 0 spiro atoms. The summed E-state index contributed by atoms with van der Waals surface area (Å²) in [6.45, 7) is 4.64. The van der Waals surface area contributed by atoms with Crippen LogP contribution in [0.2, 0.25) is 0 Å². The molecule has 0 aliphatic heterocycles. The molecule has 0 bridgehead atoms. The van der Waals surface area contributed by atoms with Gasteiger partial charge in [0.1, 0.15) is 5.52 Å². The van der Waals surface area contributed by atoms with Crippen LogP contribution in [0.1, 0.15) is 29.8 Å². The van der Waals surface area contributed by atoms with E-state index < -0.39 is 0 Å². The maximum absolute atomic E-state index is 12.8. The summed E-state index contributed by atoms with van der Waals surface area (Å²) in [5.74, 6) is 0.00348. The van der Waals surface area contributed by atoms with Crippen molar-refractivity contribution in [1.29, 1.82) is 0 Å². The van der Waals surface area contributed by atoms with E-state index in [1.165, 1.54) is 6.39 Å². The first-order valence-corrected chi connectivity index (χ1v) is 7.33. The van der Waals surface area contributed by atoms with Gasteiger partial charge in [0.25, 0.3) is 5.91 Å². The lowest BCUT2D eigenvalue weighted by atomic mass is 10.1. The highest BCUT2D eigenvalue weighted by molar-refractivity contribution is 5.97. The van der Waals surface area contributed by atoms with Crippen molar-refractivity contribution in [1.82, 2.24) is 9.88 Å². The van der Waals surface area contributed by atoms with Crippen molar-refractivity contribution in [3.8, 4) is 0 Å². The van der Waals surface area contributed by atoms with Gasteiger partial charge in [-0.2, -0.15) is 0 Å². The van der Waals surface area contributed by atoms with Crippen LogP contribution < -0.4 is 0 Å². The average Bonchev–Trinajstić information content (AvgIpc) is 3.00. The van der Waals surface area contributed by atoms with Gasteiger partial charge < -0.3 is 9.32 Å². The second kappa shape index (κ2) is 6.02. The fraction of sp³-hybridized carbons (Fsp3) is 0.222. The molecule has 3 aromatic rings. The van der Waals surface area contributed by atoms with E-state index in [9.17, 15) is 4.79 Å². The monoisotopic (exact) mass is 294 g/mol. The van der Waals surface area contributed by atoms with E-state index in [1.54, 1.807) is 18.2 Å². The molecule has 3 rings (SSSR count). The van der Waals surface area contributed by atoms with Gasteiger partial charge in [-0.05, 0) is 37.6 Å². The highest BCUT2D eigenvalue weighted by atomic mass is 16.3. The standard InChI is InChI=1S/C18H18N2O2/c1-13(2)20(11-14-6-4-3-5-7-14)18(21)15-8-9-17-16(10-15)19-12-22-17/h3-10,12-13H,11H2,1-2H3. The Hall–Kier alpha value is -2.62. The molecule has 0 aliphatic carbocycles. The highest BCUT2D eigenvalue weighted by Crippen LogP contribution is 2.18. The molecule has 0 unspecified atom stereocenters. The summed E-state index contributed by atoms with van der Waals surface area (Å²) in [7, 11) is 0. The van der Waals surface area contributed by atoms with Crippen LogP contribution in [0.15, 0.2) is 59.3 Å². The molecule has 4 heteroatoms. The highest BCUT2D eigenvalue weighted by Gasteiger charge is 2.19. The van der Waals surface area contributed by atoms with Crippen LogP contribution in [0.5, 0.6) is 0 Å². The minimum Gasteiger partial charge on any atom is -0.443 e. The molecule has 0 N–H and O–H groups in total. The second-order valence-corrected chi connectivity index (χ2v) is 5.55. The number of fused-ring (bicyclic) bond motifs is 1. The third-order valence-electron chi connectivity index (χ3n) is 3.66. The minimum absolute atomic E-state index is 0.00348. The molecular formula is C18H18N2O2. The lowest BCUT2D eigenvalue weighted by Crippen LogP contribution is -2.36. The number of oxazole rings is 1. The molecule has 1 amide bonds. The molecular weight excluding hydrogens is 276 g/mol. The second-order valence-electron chi connectivity index (χ2n) is 5.55. The van der Waals surface area contributed by atoms with E-state index in [1.807, 2.05) is 49.1 Å². The number of nitrogens with zero attached hydrogens (tertiary/aromatic N) is 2. The van der Waals surface area contributed by atoms with Crippen LogP contribution in [0.4, 0.5) is 0 Å². The van der Waals surface area contributed by atoms with Crippen molar-refractivity contribution in [2.24, 2.45) is 0 Å². The molecule has 112 valence electrons. The van der Waals surface area contributed by atoms with Gasteiger partial charge in [-0.25, -0.2) is 4.98 Å². The zero-order valence-corrected chi connectivity index (χ0v) is 12.7. The smallest absolute Gasteiger partial charge is 0.254 e. The van der Waals surface area contributed by atoms with Crippen molar-refractivity contribution < 1.29 is 9.21 Å². The Labute approximate surface area is 129 Å². The summed E-state index contributed by atoms with van der Waals surface area (Å²) >= 11 is 0. The fourth-order valence-electron chi connectivity index (χ4n) is 2.43. The van der Waals surface area contributed by atoms with Gasteiger partial charge in [0, 0.05) is 18.2 Å². The number of aromatic nitrogens is 1. The zero-order chi connectivity index (χ0) is 15.5. The van der Waals surface area contributed by atoms with Crippen molar-refractivity contribution in [2.75, 3.05) is 0 Å². The van der Waals surface area contributed by atoms with Crippen molar-refractivity contribution >= 4 is 17.0 Å². The SMILES string of the molecule is CC(C)N(Cc1ccccc1)C(=O)c1ccc2ocnc2c1.